The van der Waals surface area contributed by atoms with E-state index in [4.69, 9.17) is 4.74 Å². The van der Waals surface area contributed by atoms with Gasteiger partial charge >= 0.3 is 0 Å². The minimum Gasteiger partial charge on any atom is -0.494 e. The van der Waals surface area contributed by atoms with Crippen molar-refractivity contribution in [1.82, 2.24) is 0 Å². The number of hydrogen-bond acceptors (Lipinski definition) is 1. The van der Waals surface area contributed by atoms with E-state index < -0.39 is 0 Å². The minimum atomic E-state index is 0.837. The molecule has 0 saturated heterocycles. The van der Waals surface area contributed by atoms with Crippen LogP contribution in [0.2, 0.25) is 0 Å². The van der Waals surface area contributed by atoms with Crippen molar-refractivity contribution >= 4 is 0 Å². The summed E-state index contributed by atoms with van der Waals surface area (Å²) in [4.78, 5) is 0. The highest BCUT2D eigenvalue weighted by molar-refractivity contribution is 5.27. The van der Waals surface area contributed by atoms with Crippen molar-refractivity contribution < 1.29 is 4.74 Å². The SMILES string of the molecule is CCCCC.CCCCOc1ccc(CCC)cc1. The highest BCUT2D eigenvalue weighted by atomic mass is 16.5. The number of benzene rings is 1. The molecule has 0 amide bonds. The molecule has 1 aromatic rings. The molecule has 0 aliphatic heterocycles. The van der Waals surface area contributed by atoms with Crippen LogP contribution in [0, 0.1) is 0 Å². The first-order valence-electron chi connectivity index (χ1n) is 8.00. The van der Waals surface area contributed by atoms with E-state index in [1.54, 1.807) is 0 Å². The summed E-state index contributed by atoms with van der Waals surface area (Å²) in [5.41, 5.74) is 1.40. The van der Waals surface area contributed by atoms with Gasteiger partial charge in [-0.3, -0.25) is 0 Å². The topological polar surface area (TPSA) is 9.23 Å². The summed E-state index contributed by atoms with van der Waals surface area (Å²) in [6.45, 7) is 9.63. The average Bonchev–Trinajstić information content (AvgIpc) is 2.43. The lowest BCUT2D eigenvalue weighted by Gasteiger charge is -2.05. The molecule has 0 saturated carbocycles. The van der Waals surface area contributed by atoms with Crippen LogP contribution in [0.15, 0.2) is 24.3 Å². The molecule has 0 heterocycles. The van der Waals surface area contributed by atoms with Gasteiger partial charge in [0.1, 0.15) is 5.75 Å². The van der Waals surface area contributed by atoms with E-state index in [0.29, 0.717) is 0 Å². The molecular formula is C18H32O. The van der Waals surface area contributed by atoms with Crippen LogP contribution < -0.4 is 4.74 Å². The molecule has 0 atom stereocenters. The van der Waals surface area contributed by atoms with Crippen LogP contribution in [0.25, 0.3) is 0 Å². The van der Waals surface area contributed by atoms with Crippen LogP contribution in [0.5, 0.6) is 5.75 Å². The molecule has 1 nitrogen and oxygen atoms in total. The van der Waals surface area contributed by atoms with Crippen molar-refractivity contribution in [2.24, 2.45) is 0 Å². The highest BCUT2D eigenvalue weighted by Gasteiger charge is 1.94. The molecule has 110 valence electrons. The molecule has 19 heavy (non-hydrogen) atoms. The van der Waals surface area contributed by atoms with Gasteiger partial charge in [0.2, 0.25) is 0 Å². The van der Waals surface area contributed by atoms with E-state index in [1.165, 1.54) is 37.7 Å². The van der Waals surface area contributed by atoms with Gasteiger partial charge in [-0.1, -0.05) is 71.9 Å². The monoisotopic (exact) mass is 264 g/mol. The Morgan fingerprint density at radius 2 is 1.32 bits per heavy atom. The number of ether oxygens (including phenoxy) is 1. The second kappa shape index (κ2) is 13.5. The Hall–Kier alpha value is -0.980. The number of hydrogen-bond donors (Lipinski definition) is 0. The molecule has 0 aromatic heterocycles. The Morgan fingerprint density at radius 1 is 0.737 bits per heavy atom. The maximum absolute atomic E-state index is 5.58. The Bertz CT molecular complexity index is 274. The quantitative estimate of drug-likeness (QED) is 0.522. The molecule has 0 aliphatic carbocycles. The summed E-state index contributed by atoms with van der Waals surface area (Å²) in [7, 11) is 0. The first-order chi connectivity index (χ1) is 9.28. The summed E-state index contributed by atoms with van der Waals surface area (Å²) < 4.78 is 5.58. The summed E-state index contributed by atoms with van der Waals surface area (Å²) in [6, 6.07) is 8.46. The molecule has 0 unspecified atom stereocenters. The minimum absolute atomic E-state index is 0.837. The van der Waals surface area contributed by atoms with Crippen molar-refractivity contribution in [3.05, 3.63) is 29.8 Å². The Balaban J connectivity index is 0.000000555. The predicted molar refractivity (Wildman–Crippen MR) is 86.0 cm³/mol. The predicted octanol–water partition coefficient (Wildman–Crippen LogP) is 6.01. The van der Waals surface area contributed by atoms with Crippen molar-refractivity contribution in [2.45, 2.75) is 72.6 Å². The summed E-state index contributed by atoms with van der Waals surface area (Å²) in [5, 5.41) is 0. The highest BCUT2D eigenvalue weighted by Crippen LogP contribution is 2.13. The third-order valence-electron chi connectivity index (χ3n) is 2.94. The fourth-order valence-electron chi connectivity index (χ4n) is 1.73. The van der Waals surface area contributed by atoms with Crippen molar-refractivity contribution in [2.75, 3.05) is 6.61 Å². The van der Waals surface area contributed by atoms with Gasteiger partial charge in [0, 0.05) is 0 Å². The Morgan fingerprint density at radius 3 is 1.74 bits per heavy atom. The van der Waals surface area contributed by atoms with Gasteiger partial charge in [-0.2, -0.15) is 0 Å². The van der Waals surface area contributed by atoms with E-state index in [-0.39, 0.29) is 0 Å². The number of aryl methyl sites for hydroxylation is 1. The number of rotatable bonds is 8. The molecule has 0 spiro atoms. The summed E-state index contributed by atoms with van der Waals surface area (Å²) in [6.07, 6.45) is 8.77. The third-order valence-corrected chi connectivity index (χ3v) is 2.94. The standard InChI is InChI=1S/C13H20O.C5H12/c1-3-5-11-14-13-9-7-12(6-4-2)8-10-13;1-3-5-4-2/h7-10H,3-6,11H2,1-2H3;3-5H2,1-2H3. The fourth-order valence-corrected chi connectivity index (χ4v) is 1.73. The molecule has 0 fully saturated rings. The van der Waals surface area contributed by atoms with E-state index in [2.05, 4.69) is 52.0 Å². The summed E-state index contributed by atoms with van der Waals surface area (Å²) in [5.74, 6) is 0.998. The van der Waals surface area contributed by atoms with Crippen LogP contribution in [0.3, 0.4) is 0 Å². The fraction of sp³-hybridized carbons (Fsp3) is 0.667. The van der Waals surface area contributed by atoms with Crippen molar-refractivity contribution in [3.63, 3.8) is 0 Å². The average molecular weight is 264 g/mol. The Kier molecular flexibility index (Phi) is 12.8. The molecule has 0 radical (unpaired) electrons. The van der Waals surface area contributed by atoms with E-state index in [0.717, 1.165) is 25.2 Å². The van der Waals surface area contributed by atoms with Crippen LogP contribution in [0.1, 0.15) is 71.8 Å². The molecule has 1 rings (SSSR count). The first kappa shape index (κ1) is 18.0. The van der Waals surface area contributed by atoms with Crippen molar-refractivity contribution in [3.8, 4) is 5.75 Å². The zero-order chi connectivity index (χ0) is 14.3. The van der Waals surface area contributed by atoms with Crippen LogP contribution in [-0.4, -0.2) is 6.61 Å². The molecular weight excluding hydrogens is 232 g/mol. The molecule has 0 N–H and O–H groups in total. The lowest BCUT2D eigenvalue weighted by atomic mass is 10.1. The molecule has 0 aliphatic rings. The summed E-state index contributed by atoms with van der Waals surface area (Å²) >= 11 is 0. The second-order valence-corrected chi connectivity index (χ2v) is 4.95. The normalized spacial score (nSPS) is 9.68. The smallest absolute Gasteiger partial charge is 0.119 e. The van der Waals surface area contributed by atoms with Crippen LogP contribution in [0.4, 0.5) is 0 Å². The van der Waals surface area contributed by atoms with Gasteiger partial charge in [-0.05, 0) is 30.5 Å². The van der Waals surface area contributed by atoms with Crippen molar-refractivity contribution in [1.29, 1.82) is 0 Å². The third kappa shape index (κ3) is 10.6. The Labute approximate surface area is 120 Å². The lowest BCUT2D eigenvalue weighted by molar-refractivity contribution is 0.309. The van der Waals surface area contributed by atoms with E-state index in [9.17, 15) is 0 Å². The van der Waals surface area contributed by atoms with Gasteiger partial charge in [-0.25, -0.2) is 0 Å². The lowest BCUT2D eigenvalue weighted by Crippen LogP contribution is -1.96. The zero-order valence-corrected chi connectivity index (χ0v) is 13.4. The zero-order valence-electron chi connectivity index (χ0n) is 13.4. The van der Waals surface area contributed by atoms with Gasteiger partial charge in [-0.15, -0.1) is 0 Å². The van der Waals surface area contributed by atoms with Crippen LogP contribution in [-0.2, 0) is 6.42 Å². The number of unbranched alkanes of at least 4 members (excludes halogenated alkanes) is 3. The van der Waals surface area contributed by atoms with Gasteiger partial charge in [0.25, 0.3) is 0 Å². The second-order valence-electron chi connectivity index (χ2n) is 4.95. The maximum atomic E-state index is 5.58. The van der Waals surface area contributed by atoms with Crippen LogP contribution >= 0.6 is 0 Å². The van der Waals surface area contributed by atoms with Gasteiger partial charge in [0.05, 0.1) is 6.61 Å². The maximum Gasteiger partial charge on any atom is 0.119 e. The first-order valence-corrected chi connectivity index (χ1v) is 8.00. The molecule has 1 heteroatoms. The molecule has 1 aromatic carbocycles. The van der Waals surface area contributed by atoms with Gasteiger partial charge in [0.15, 0.2) is 0 Å². The van der Waals surface area contributed by atoms with E-state index >= 15 is 0 Å². The largest absolute Gasteiger partial charge is 0.494 e. The molecule has 0 bridgehead atoms. The van der Waals surface area contributed by atoms with Gasteiger partial charge < -0.3 is 4.74 Å². The van der Waals surface area contributed by atoms with E-state index in [1.807, 2.05) is 0 Å².